The zero-order valence-corrected chi connectivity index (χ0v) is 9.90. The van der Waals surface area contributed by atoms with Crippen LogP contribution in [0, 0.1) is 11.6 Å². The zero-order chi connectivity index (χ0) is 12.3. The van der Waals surface area contributed by atoms with Crippen molar-refractivity contribution in [2.45, 2.75) is 12.0 Å². The van der Waals surface area contributed by atoms with Gasteiger partial charge in [0.1, 0.15) is 6.67 Å². The molecule has 1 atom stereocenters. The molecule has 90 valence electrons. The molecule has 0 unspecified atom stereocenters. The molecule has 0 heterocycles. The highest BCUT2D eigenvalue weighted by Crippen LogP contribution is 2.29. The molecule has 0 aliphatic heterocycles. The lowest BCUT2D eigenvalue weighted by Crippen LogP contribution is -2.41. The Morgan fingerprint density at radius 3 is 2.50 bits per heavy atom. The topological polar surface area (TPSA) is 46.2 Å². The van der Waals surface area contributed by atoms with Gasteiger partial charge in [-0.2, -0.15) is 0 Å². The molecule has 6 heteroatoms. The second-order valence-electron chi connectivity index (χ2n) is 3.51. The molecule has 0 aliphatic carbocycles. The third kappa shape index (κ3) is 2.56. The molecule has 0 saturated heterocycles. The fraction of sp³-hybridized carbons (Fsp3) is 0.400. The van der Waals surface area contributed by atoms with E-state index in [4.69, 9.17) is 10.8 Å². The average Bonchev–Trinajstić information content (AvgIpc) is 2.23. The van der Waals surface area contributed by atoms with Crippen molar-refractivity contribution in [1.82, 2.24) is 0 Å². The predicted molar refractivity (Wildman–Crippen MR) is 57.6 cm³/mol. The number of hydrogen-bond acceptors (Lipinski definition) is 2. The van der Waals surface area contributed by atoms with Crippen LogP contribution in [0.2, 0.25) is 0 Å². The summed E-state index contributed by atoms with van der Waals surface area (Å²) in [6.07, 6.45) is -0.184. The smallest absolute Gasteiger partial charge is 0.164 e. The third-order valence-corrected chi connectivity index (χ3v) is 2.78. The van der Waals surface area contributed by atoms with Gasteiger partial charge in [-0.15, -0.1) is 0 Å². The Kier molecular flexibility index (Phi) is 4.35. The van der Waals surface area contributed by atoms with Crippen molar-refractivity contribution in [3.63, 3.8) is 0 Å². The monoisotopic (exact) mass is 297 g/mol. The summed E-state index contributed by atoms with van der Waals surface area (Å²) in [6.45, 7) is -1.49. The van der Waals surface area contributed by atoms with Crippen LogP contribution in [-0.2, 0) is 5.54 Å². The molecular formula is C10H11BrF3NO. The van der Waals surface area contributed by atoms with Crippen LogP contribution in [0.25, 0.3) is 0 Å². The highest BCUT2D eigenvalue weighted by atomic mass is 79.9. The minimum atomic E-state index is -1.70. The first-order chi connectivity index (χ1) is 7.44. The molecule has 0 saturated carbocycles. The number of halogens is 4. The minimum absolute atomic E-state index is 0.184. The van der Waals surface area contributed by atoms with Gasteiger partial charge in [0.2, 0.25) is 0 Å². The number of rotatable bonds is 4. The van der Waals surface area contributed by atoms with Crippen molar-refractivity contribution in [3.8, 4) is 0 Å². The van der Waals surface area contributed by atoms with Gasteiger partial charge < -0.3 is 10.8 Å². The lowest BCUT2D eigenvalue weighted by atomic mass is 9.89. The van der Waals surface area contributed by atoms with Gasteiger partial charge in [-0.05, 0) is 18.6 Å². The van der Waals surface area contributed by atoms with Gasteiger partial charge >= 0.3 is 0 Å². The van der Waals surface area contributed by atoms with Gasteiger partial charge in [-0.25, -0.2) is 13.2 Å². The maximum absolute atomic E-state index is 13.5. The summed E-state index contributed by atoms with van der Waals surface area (Å²) in [4.78, 5) is 0. The Bertz CT molecular complexity index is 389. The summed E-state index contributed by atoms with van der Waals surface area (Å²) in [5.41, 5.74) is 3.62. The normalized spacial score (nSPS) is 14.9. The average molecular weight is 298 g/mol. The van der Waals surface area contributed by atoms with Crippen molar-refractivity contribution >= 4 is 15.9 Å². The first kappa shape index (κ1) is 13.5. The molecule has 1 aromatic carbocycles. The molecule has 0 amide bonds. The fourth-order valence-electron chi connectivity index (χ4n) is 1.39. The predicted octanol–water partition coefficient (Wildman–Crippen LogP) is 2.23. The van der Waals surface area contributed by atoms with E-state index >= 15 is 0 Å². The summed E-state index contributed by atoms with van der Waals surface area (Å²) in [5.74, 6) is -2.29. The molecule has 0 aliphatic rings. The van der Waals surface area contributed by atoms with Crippen LogP contribution in [-0.4, -0.2) is 18.4 Å². The van der Waals surface area contributed by atoms with Crippen LogP contribution in [0.15, 0.2) is 16.6 Å². The van der Waals surface area contributed by atoms with Crippen LogP contribution in [0.3, 0.4) is 0 Å². The Labute approximate surface area is 99.4 Å². The molecule has 0 aromatic heterocycles. The summed E-state index contributed by atoms with van der Waals surface area (Å²) in [7, 11) is 0. The number of alkyl halides is 1. The first-order valence-electron chi connectivity index (χ1n) is 4.55. The number of aliphatic hydroxyl groups excluding tert-OH is 1. The lowest BCUT2D eigenvalue weighted by molar-refractivity contribution is 0.205. The van der Waals surface area contributed by atoms with Crippen molar-refractivity contribution in [1.29, 1.82) is 0 Å². The van der Waals surface area contributed by atoms with E-state index in [-0.39, 0.29) is 16.5 Å². The SMILES string of the molecule is N[C@@](CF)(CCO)c1cc(Br)cc(F)c1F. The van der Waals surface area contributed by atoms with E-state index < -0.39 is 30.5 Å². The molecular weight excluding hydrogens is 287 g/mol. The molecule has 1 aromatic rings. The molecule has 1 rings (SSSR count). The highest BCUT2D eigenvalue weighted by Gasteiger charge is 2.31. The largest absolute Gasteiger partial charge is 0.396 e. The van der Waals surface area contributed by atoms with Gasteiger partial charge in [0.15, 0.2) is 11.6 Å². The Morgan fingerprint density at radius 1 is 1.38 bits per heavy atom. The number of nitrogens with two attached hydrogens (primary N) is 1. The van der Waals surface area contributed by atoms with E-state index in [1.807, 2.05) is 0 Å². The van der Waals surface area contributed by atoms with Crippen molar-refractivity contribution in [3.05, 3.63) is 33.8 Å². The maximum atomic E-state index is 13.5. The summed E-state index contributed by atoms with van der Waals surface area (Å²) < 4.78 is 39.6. The Hall–Kier alpha value is -0.590. The van der Waals surface area contributed by atoms with Crippen LogP contribution >= 0.6 is 15.9 Å². The second kappa shape index (κ2) is 5.16. The molecule has 0 fully saturated rings. The van der Waals surface area contributed by atoms with Crippen LogP contribution < -0.4 is 5.73 Å². The lowest BCUT2D eigenvalue weighted by Gasteiger charge is -2.26. The third-order valence-electron chi connectivity index (χ3n) is 2.33. The van der Waals surface area contributed by atoms with Crippen LogP contribution in [0.4, 0.5) is 13.2 Å². The van der Waals surface area contributed by atoms with Gasteiger partial charge in [-0.3, -0.25) is 0 Å². The van der Waals surface area contributed by atoms with Gasteiger partial charge in [-0.1, -0.05) is 15.9 Å². The maximum Gasteiger partial charge on any atom is 0.164 e. The fourth-order valence-corrected chi connectivity index (χ4v) is 1.82. The van der Waals surface area contributed by atoms with Gasteiger partial charge in [0.25, 0.3) is 0 Å². The molecule has 16 heavy (non-hydrogen) atoms. The standard InChI is InChI=1S/C10H11BrF3NO/c11-6-3-7(9(14)8(13)4-6)10(15,5-12)1-2-16/h3-4,16H,1-2,5,15H2/t10-/m1/s1. The Morgan fingerprint density at radius 2 is 2.00 bits per heavy atom. The summed E-state index contributed by atoms with van der Waals surface area (Å²) in [6, 6.07) is 2.14. The summed E-state index contributed by atoms with van der Waals surface area (Å²) >= 11 is 2.97. The van der Waals surface area contributed by atoms with E-state index in [0.717, 1.165) is 6.07 Å². The second-order valence-corrected chi connectivity index (χ2v) is 4.43. The quantitative estimate of drug-likeness (QED) is 0.837. The molecule has 0 spiro atoms. The van der Waals surface area contributed by atoms with E-state index in [9.17, 15) is 13.2 Å². The number of hydrogen-bond donors (Lipinski definition) is 2. The van der Waals surface area contributed by atoms with E-state index in [1.165, 1.54) is 6.07 Å². The molecule has 3 N–H and O–H groups in total. The molecule has 2 nitrogen and oxygen atoms in total. The van der Waals surface area contributed by atoms with Crippen LogP contribution in [0.1, 0.15) is 12.0 Å². The van der Waals surface area contributed by atoms with E-state index in [1.54, 1.807) is 0 Å². The van der Waals surface area contributed by atoms with Gasteiger partial charge in [0, 0.05) is 16.6 Å². The van der Waals surface area contributed by atoms with Crippen LogP contribution in [0.5, 0.6) is 0 Å². The number of aliphatic hydroxyl groups is 1. The van der Waals surface area contributed by atoms with Crippen molar-refractivity contribution in [2.75, 3.05) is 13.3 Å². The van der Waals surface area contributed by atoms with Gasteiger partial charge in [0.05, 0.1) is 5.54 Å². The molecule has 0 bridgehead atoms. The highest BCUT2D eigenvalue weighted by molar-refractivity contribution is 9.10. The van der Waals surface area contributed by atoms with Crippen molar-refractivity contribution in [2.24, 2.45) is 5.73 Å². The van der Waals surface area contributed by atoms with E-state index in [0.29, 0.717) is 0 Å². The van der Waals surface area contributed by atoms with Crippen molar-refractivity contribution < 1.29 is 18.3 Å². The zero-order valence-electron chi connectivity index (χ0n) is 8.31. The van der Waals surface area contributed by atoms with E-state index in [2.05, 4.69) is 15.9 Å². The number of benzene rings is 1. The minimum Gasteiger partial charge on any atom is -0.396 e. The molecule has 0 radical (unpaired) electrons. The summed E-state index contributed by atoms with van der Waals surface area (Å²) in [5, 5.41) is 8.75. The first-order valence-corrected chi connectivity index (χ1v) is 5.34. The Balaban J connectivity index is 3.29.